The van der Waals surface area contributed by atoms with E-state index < -0.39 is 9.84 Å². The Morgan fingerprint density at radius 3 is 2.38 bits per heavy atom. The molecule has 0 aliphatic carbocycles. The van der Waals surface area contributed by atoms with Crippen molar-refractivity contribution >= 4 is 66.4 Å². The lowest BCUT2D eigenvalue weighted by Gasteiger charge is -2.24. The first-order chi connectivity index (χ1) is 15.8. The van der Waals surface area contributed by atoms with Gasteiger partial charge in [0, 0.05) is 24.5 Å². The van der Waals surface area contributed by atoms with Crippen molar-refractivity contribution in [2.75, 3.05) is 43.9 Å². The molecule has 0 radical (unpaired) electrons. The van der Waals surface area contributed by atoms with E-state index in [-0.39, 0.29) is 35.4 Å². The largest absolute Gasteiger partial charge is 0.497 e. The van der Waals surface area contributed by atoms with Crippen molar-refractivity contribution in [1.82, 2.24) is 9.88 Å². The average Bonchev–Trinajstić information content (AvgIpc) is 3.23. The molecule has 0 aliphatic rings. The molecule has 0 spiro atoms. The first-order valence-corrected chi connectivity index (χ1v) is 13.6. The van der Waals surface area contributed by atoms with E-state index in [1.165, 1.54) is 35.6 Å². The number of sulfone groups is 1. The number of halogens is 2. The minimum Gasteiger partial charge on any atom is -0.497 e. The summed E-state index contributed by atoms with van der Waals surface area (Å²) in [6.07, 6.45) is -0.136. The predicted octanol–water partition coefficient (Wildman–Crippen LogP) is 4.92. The van der Waals surface area contributed by atoms with Crippen molar-refractivity contribution < 1.29 is 17.9 Å². The van der Waals surface area contributed by atoms with Gasteiger partial charge in [0.05, 0.1) is 28.0 Å². The van der Waals surface area contributed by atoms with E-state index in [0.717, 1.165) is 23.3 Å². The van der Waals surface area contributed by atoms with Crippen LogP contribution in [0.1, 0.15) is 20.3 Å². The van der Waals surface area contributed by atoms with Crippen LogP contribution in [-0.4, -0.2) is 63.3 Å². The topological polar surface area (TPSA) is 79.8 Å². The van der Waals surface area contributed by atoms with Crippen molar-refractivity contribution in [3.8, 4) is 5.75 Å². The molecule has 0 unspecified atom stereocenters. The van der Waals surface area contributed by atoms with E-state index in [9.17, 15) is 13.2 Å². The molecular formula is C23H29Cl2N3O4S2. The maximum Gasteiger partial charge on any atom is 0.229 e. The lowest BCUT2D eigenvalue weighted by Crippen LogP contribution is -2.39. The number of benzene rings is 2. The molecule has 0 N–H and O–H groups in total. The van der Waals surface area contributed by atoms with E-state index in [1.54, 1.807) is 12.0 Å². The number of ether oxygens (including phenoxy) is 1. The maximum atomic E-state index is 13.2. The minimum atomic E-state index is -3.61. The monoisotopic (exact) mass is 545 g/mol. The molecule has 34 heavy (non-hydrogen) atoms. The van der Waals surface area contributed by atoms with Gasteiger partial charge in [0.25, 0.3) is 0 Å². The Labute approximate surface area is 216 Å². The molecule has 186 valence electrons. The number of anilines is 1. The summed E-state index contributed by atoms with van der Waals surface area (Å²) in [6, 6.07) is 11.5. The highest BCUT2D eigenvalue weighted by Crippen LogP contribution is 2.32. The van der Waals surface area contributed by atoms with Crippen molar-refractivity contribution in [3.63, 3.8) is 0 Å². The van der Waals surface area contributed by atoms with Crippen LogP contribution >= 0.6 is 35.3 Å². The molecule has 0 bridgehead atoms. The number of aromatic nitrogens is 1. The molecular weight excluding hydrogens is 517 g/mol. The number of carbonyl (C=O) groups excluding carboxylic acids is 1. The van der Waals surface area contributed by atoms with Crippen molar-refractivity contribution in [2.24, 2.45) is 0 Å². The van der Waals surface area contributed by atoms with Crippen LogP contribution in [0.2, 0.25) is 5.02 Å². The summed E-state index contributed by atoms with van der Waals surface area (Å²) in [5, 5.41) is 1.01. The van der Waals surface area contributed by atoms with E-state index in [0.29, 0.717) is 29.0 Å². The molecule has 1 aromatic heterocycles. The zero-order valence-corrected chi connectivity index (χ0v) is 22.6. The molecule has 0 saturated carbocycles. The first kappa shape index (κ1) is 28.3. The van der Waals surface area contributed by atoms with Gasteiger partial charge in [-0.05, 0) is 55.6 Å². The highest BCUT2D eigenvalue weighted by atomic mass is 35.5. The van der Waals surface area contributed by atoms with Gasteiger partial charge in [-0.25, -0.2) is 13.4 Å². The molecule has 7 nitrogen and oxygen atoms in total. The molecule has 1 heterocycles. The third-order valence-corrected chi connectivity index (χ3v) is 8.43. The molecule has 2 aromatic carbocycles. The fourth-order valence-electron chi connectivity index (χ4n) is 3.36. The standard InChI is InChI=1S/C23H28ClN3O4S2.ClH/c1-4-26(5-2)13-14-27(23-25-20-11-8-18(31-3)16-21(20)32-23)22(28)12-15-33(29,30)19-9-6-17(24)7-10-19;/h6-11,16H,4-5,12-15H2,1-3H3;1H. The number of nitrogens with zero attached hydrogens (tertiary/aromatic N) is 3. The Bertz CT molecular complexity index is 1200. The Hall–Kier alpha value is -1.91. The van der Waals surface area contributed by atoms with E-state index in [1.807, 2.05) is 18.2 Å². The molecule has 0 atom stereocenters. The second-order valence-electron chi connectivity index (χ2n) is 7.43. The highest BCUT2D eigenvalue weighted by molar-refractivity contribution is 7.91. The summed E-state index contributed by atoms with van der Waals surface area (Å²) in [5.41, 5.74) is 0.769. The predicted molar refractivity (Wildman–Crippen MR) is 142 cm³/mol. The molecule has 0 fully saturated rings. The van der Waals surface area contributed by atoms with Gasteiger partial charge in [0.2, 0.25) is 5.91 Å². The smallest absolute Gasteiger partial charge is 0.229 e. The lowest BCUT2D eigenvalue weighted by atomic mass is 10.3. The van der Waals surface area contributed by atoms with Crippen LogP contribution in [0.4, 0.5) is 5.13 Å². The van der Waals surface area contributed by atoms with Crippen LogP contribution in [0.5, 0.6) is 5.75 Å². The summed E-state index contributed by atoms with van der Waals surface area (Å²) in [6.45, 7) is 6.96. The fraction of sp³-hybridized carbons (Fsp3) is 0.391. The number of fused-ring (bicyclic) bond motifs is 1. The number of amides is 1. The SMILES string of the molecule is CCN(CC)CCN(C(=O)CCS(=O)(=O)c1ccc(Cl)cc1)c1nc2ccc(OC)cc2s1.Cl. The van der Waals surface area contributed by atoms with Crippen molar-refractivity contribution in [1.29, 1.82) is 0 Å². The number of hydrogen-bond donors (Lipinski definition) is 0. The van der Waals surface area contributed by atoms with Crippen LogP contribution in [0.3, 0.4) is 0 Å². The normalized spacial score (nSPS) is 11.4. The van der Waals surface area contributed by atoms with E-state index in [2.05, 4.69) is 23.7 Å². The van der Waals surface area contributed by atoms with Crippen LogP contribution in [0.15, 0.2) is 47.4 Å². The fourth-order valence-corrected chi connectivity index (χ4v) is 5.75. The number of carbonyl (C=O) groups is 1. The molecule has 11 heteroatoms. The van der Waals surface area contributed by atoms with E-state index in [4.69, 9.17) is 16.3 Å². The van der Waals surface area contributed by atoms with Gasteiger partial charge in [-0.1, -0.05) is 36.8 Å². The zero-order chi connectivity index (χ0) is 24.0. The third-order valence-electron chi connectivity index (χ3n) is 5.41. The van der Waals surface area contributed by atoms with Gasteiger partial charge in [-0.15, -0.1) is 12.4 Å². The van der Waals surface area contributed by atoms with Crippen LogP contribution < -0.4 is 9.64 Å². The van der Waals surface area contributed by atoms with Crippen LogP contribution in [0.25, 0.3) is 10.2 Å². The Morgan fingerprint density at radius 2 is 1.76 bits per heavy atom. The van der Waals surface area contributed by atoms with Crippen molar-refractivity contribution in [2.45, 2.75) is 25.2 Å². The van der Waals surface area contributed by atoms with Gasteiger partial charge in [0.15, 0.2) is 15.0 Å². The van der Waals surface area contributed by atoms with Gasteiger partial charge in [0.1, 0.15) is 5.75 Å². The average molecular weight is 547 g/mol. The lowest BCUT2D eigenvalue weighted by molar-refractivity contribution is -0.118. The van der Waals surface area contributed by atoms with Crippen LogP contribution in [0, 0.1) is 0 Å². The summed E-state index contributed by atoms with van der Waals surface area (Å²) in [5.74, 6) is 0.159. The maximum absolute atomic E-state index is 13.2. The van der Waals surface area contributed by atoms with Gasteiger partial charge in [-0.3, -0.25) is 9.69 Å². The second-order valence-corrected chi connectivity index (χ2v) is 11.0. The summed E-state index contributed by atoms with van der Waals surface area (Å²) < 4.78 is 31.6. The van der Waals surface area contributed by atoms with Gasteiger partial charge >= 0.3 is 0 Å². The minimum absolute atomic E-state index is 0. The summed E-state index contributed by atoms with van der Waals surface area (Å²) >= 11 is 7.25. The quantitative estimate of drug-likeness (QED) is 0.340. The number of methoxy groups -OCH3 is 1. The Kier molecular flexibility index (Phi) is 10.6. The number of thiazole rings is 1. The first-order valence-electron chi connectivity index (χ1n) is 10.7. The van der Waals surface area contributed by atoms with Gasteiger partial charge in [-0.2, -0.15) is 0 Å². The Balaban J connectivity index is 0.00000408. The van der Waals surface area contributed by atoms with Gasteiger partial charge < -0.3 is 9.64 Å². The molecule has 0 aliphatic heterocycles. The highest BCUT2D eigenvalue weighted by Gasteiger charge is 2.24. The number of likely N-dealkylation sites (N-methyl/N-ethyl adjacent to an activating group) is 1. The summed E-state index contributed by atoms with van der Waals surface area (Å²) in [7, 11) is -2.01. The van der Waals surface area contributed by atoms with Crippen molar-refractivity contribution in [3.05, 3.63) is 47.5 Å². The summed E-state index contributed by atoms with van der Waals surface area (Å²) in [4.78, 5) is 21.8. The third kappa shape index (κ3) is 7.05. The second kappa shape index (κ2) is 12.7. The number of rotatable bonds is 11. The van der Waals surface area contributed by atoms with Crippen LogP contribution in [-0.2, 0) is 14.6 Å². The molecule has 0 saturated heterocycles. The Morgan fingerprint density at radius 1 is 1.09 bits per heavy atom. The molecule has 3 rings (SSSR count). The van der Waals surface area contributed by atoms with E-state index >= 15 is 0 Å². The molecule has 1 amide bonds. The zero-order valence-electron chi connectivity index (χ0n) is 19.4. The number of hydrogen-bond acceptors (Lipinski definition) is 7. The molecule has 3 aromatic rings.